The summed E-state index contributed by atoms with van der Waals surface area (Å²) in [5.41, 5.74) is 0.712. The summed E-state index contributed by atoms with van der Waals surface area (Å²) in [5, 5.41) is 2.30. The van der Waals surface area contributed by atoms with E-state index in [9.17, 15) is 19.2 Å². The predicted octanol–water partition coefficient (Wildman–Crippen LogP) is 5.05. The number of halogens is 2. The SMILES string of the molecule is O=C(COC(=O)[C@@H]1CC(=O)N(c2cccc(Cl)c2Cl)C1)c1ccc(OC(=O)c2cccs2)cc1. The highest BCUT2D eigenvalue weighted by atomic mass is 35.5. The number of nitrogens with zero attached hydrogens (tertiary/aromatic N) is 1. The number of carbonyl (C=O) groups is 4. The fraction of sp³-hybridized carbons (Fsp3) is 0.167. The van der Waals surface area contributed by atoms with Crippen molar-refractivity contribution < 1.29 is 28.7 Å². The lowest BCUT2D eigenvalue weighted by atomic mass is 10.1. The number of anilines is 1. The number of hydrogen-bond donors (Lipinski definition) is 0. The molecule has 1 saturated heterocycles. The molecule has 0 unspecified atom stereocenters. The number of hydrogen-bond acceptors (Lipinski definition) is 7. The smallest absolute Gasteiger partial charge is 0.353 e. The molecule has 0 radical (unpaired) electrons. The summed E-state index contributed by atoms with van der Waals surface area (Å²) in [6, 6.07) is 14.2. The van der Waals surface area contributed by atoms with Crippen molar-refractivity contribution in [1.29, 1.82) is 0 Å². The molecule has 1 fully saturated rings. The predicted molar refractivity (Wildman–Crippen MR) is 128 cm³/mol. The number of thiophene rings is 1. The van der Waals surface area contributed by atoms with Crippen molar-refractivity contribution >= 4 is 63.9 Å². The van der Waals surface area contributed by atoms with Gasteiger partial charge in [-0.3, -0.25) is 14.4 Å². The Hall–Kier alpha value is -3.20. The number of ketones is 1. The van der Waals surface area contributed by atoms with Crippen LogP contribution >= 0.6 is 34.5 Å². The summed E-state index contributed by atoms with van der Waals surface area (Å²) in [6.45, 7) is -0.397. The minimum Gasteiger partial charge on any atom is -0.457 e. The van der Waals surface area contributed by atoms with Crippen molar-refractivity contribution in [2.75, 3.05) is 18.1 Å². The van der Waals surface area contributed by atoms with Gasteiger partial charge in [-0.1, -0.05) is 35.3 Å². The molecule has 0 aliphatic carbocycles. The molecular weight excluding hydrogens is 501 g/mol. The zero-order chi connectivity index (χ0) is 24.2. The third kappa shape index (κ3) is 5.30. The van der Waals surface area contributed by atoms with Crippen LogP contribution < -0.4 is 9.64 Å². The van der Waals surface area contributed by atoms with Gasteiger partial charge in [0, 0.05) is 18.5 Å². The fourth-order valence-corrected chi connectivity index (χ4v) is 4.39. The van der Waals surface area contributed by atoms with Crippen LogP contribution in [-0.2, 0) is 14.3 Å². The third-order valence-corrected chi connectivity index (χ3v) is 6.79. The van der Waals surface area contributed by atoms with Gasteiger partial charge in [-0.05, 0) is 47.8 Å². The topological polar surface area (TPSA) is 90.0 Å². The van der Waals surface area contributed by atoms with Crippen LogP contribution in [0.25, 0.3) is 0 Å². The van der Waals surface area contributed by atoms with Crippen LogP contribution in [0.15, 0.2) is 60.0 Å². The van der Waals surface area contributed by atoms with Gasteiger partial charge < -0.3 is 14.4 Å². The number of amides is 1. The summed E-state index contributed by atoms with van der Waals surface area (Å²) in [5.74, 6) is -2.29. The first kappa shape index (κ1) is 23.9. The second-order valence-electron chi connectivity index (χ2n) is 7.40. The molecule has 7 nitrogen and oxygen atoms in total. The van der Waals surface area contributed by atoms with E-state index in [4.69, 9.17) is 32.7 Å². The Labute approximate surface area is 208 Å². The van der Waals surface area contributed by atoms with Gasteiger partial charge in [0.25, 0.3) is 0 Å². The van der Waals surface area contributed by atoms with Gasteiger partial charge in [0.1, 0.15) is 10.6 Å². The maximum Gasteiger partial charge on any atom is 0.353 e. The van der Waals surface area contributed by atoms with Crippen molar-refractivity contribution in [3.63, 3.8) is 0 Å². The molecular formula is C24H17Cl2NO6S. The van der Waals surface area contributed by atoms with Crippen LogP contribution in [0.5, 0.6) is 5.75 Å². The Morgan fingerprint density at radius 1 is 1.03 bits per heavy atom. The zero-order valence-corrected chi connectivity index (χ0v) is 19.9. The van der Waals surface area contributed by atoms with E-state index in [0.717, 1.165) is 0 Å². The first-order valence-electron chi connectivity index (χ1n) is 10.1. The van der Waals surface area contributed by atoms with E-state index in [2.05, 4.69) is 0 Å². The summed E-state index contributed by atoms with van der Waals surface area (Å²) >= 11 is 13.5. The standard InChI is InChI=1S/C24H17Cl2NO6S/c25-17-3-1-4-18(22(17)26)27-12-15(11-21(27)29)23(30)32-13-19(28)14-6-8-16(9-7-14)33-24(31)20-5-2-10-34-20/h1-10,15H,11-13H2/t15-/m1/s1. The minimum absolute atomic E-state index is 0.0554. The molecule has 1 aliphatic rings. The van der Waals surface area contributed by atoms with Crippen LogP contribution in [0.3, 0.4) is 0 Å². The van der Waals surface area contributed by atoms with Gasteiger partial charge in [0.05, 0.1) is 21.7 Å². The van der Waals surface area contributed by atoms with E-state index in [0.29, 0.717) is 21.2 Å². The molecule has 4 rings (SSSR count). The molecule has 10 heteroatoms. The monoisotopic (exact) mass is 517 g/mol. The number of Topliss-reactive ketones (excluding diaryl/α,β-unsaturated/α-hetero) is 1. The van der Waals surface area contributed by atoms with E-state index >= 15 is 0 Å². The Bertz CT molecular complexity index is 1240. The first-order chi connectivity index (χ1) is 16.3. The zero-order valence-electron chi connectivity index (χ0n) is 17.5. The Morgan fingerprint density at radius 3 is 2.50 bits per heavy atom. The van der Waals surface area contributed by atoms with E-state index in [1.165, 1.54) is 40.5 Å². The highest BCUT2D eigenvalue weighted by molar-refractivity contribution is 7.12. The lowest BCUT2D eigenvalue weighted by Crippen LogP contribution is -2.27. The molecule has 2 aromatic carbocycles. The Kier molecular flexibility index (Phi) is 7.31. The molecule has 1 aliphatic heterocycles. The molecule has 0 spiro atoms. The van der Waals surface area contributed by atoms with Gasteiger partial charge in [0.15, 0.2) is 12.4 Å². The molecule has 0 saturated carbocycles. The van der Waals surface area contributed by atoms with E-state index in [1.54, 1.807) is 35.7 Å². The summed E-state index contributed by atoms with van der Waals surface area (Å²) in [4.78, 5) is 51.2. The maximum absolute atomic E-state index is 12.5. The van der Waals surface area contributed by atoms with Gasteiger partial charge in [-0.2, -0.15) is 0 Å². The molecule has 0 N–H and O–H groups in total. The minimum atomic E-state index is -0.727. The van der Waals surface area contributed by atoms with E-state index < -0.39 is 30.2 Å². The largest absolute Gasteiger partial charge is 0.457 e. The fourth-order valence-electron chi connectivity index (χ4n) is 3.40. The molecule has 2 heterocycles. The van der Waals surface area contributed by atoms with Crippen LogP contribution in [0, 0.1) is 5.92 Å². The quantitative estimate of drug-likeness (QED) is 0.247. The number of rotatable bonds is 7. The van der Waals surface area contributed by atoms with Crippen molar-refractivity contribution in [3.05, 3.63) is 80.5 Å². The maximum atomic E-state index is 12.5. The van der Waals surface area contributed by atoms with Crippen molar-refractivity contribution in [1.82, 2.24) is 0 Å². The summed E-state index contributed by atoms with van der Waals surface area (Å²) in [6.07, 6.45) is -0.0554. The average Bonchev–Trinajstić information content (AvgIpc) is 3.50. The number of esters is 2. The van der Waals surface area contributed by atoms with E-state index in [-0.39, 0.29) is 29.6 Å². The first-order valence-corrected chi connectivity index (χ1v) is 11.8. The number of ether oxygens (including phenoxy) is 2. The van der Waals surface area contributed by atoms with Gasteiger partial charge in [0.2, 0.25) is 5.91 Å². The lowest BCUT2D eigenvalue weighted by molar-refractivity contribution is -0.147. The van der Waals surface area contributed by atoms with Crippen molar-refractivity contribution in [2.24, 2.45) is 5.92 Å². The molecule has 0 bridgehead atoms. The second kappa shape index (κ2) is 10.4. The average molecular weight is 518 g/mol. The highest BCUT2D eigenvalue weighted by Crippen LogP contribution is 2.35. The summed E-state index contributed by atoms with van der Waals surface area (Å²) in [7, 11) is 0. The number of carbonyl (C=O) groups excluding carboxylic acids is 4. The van der Waals surface area contributed by atoms with Crippen LogP contribution in [-0.4, -0.2) is 36.8 Å². The third-order valence-electron chi connectivity index (χ3n) is 5.14. The Balaban J connectivity index is 1.30. The van der Waals surface area contributed by atoms with Crippen LogP contribution in [0.4, 0.5) is 5.69 Å². The molecule has 174 valence electrons. The normalized spacial score (nSPS) is 15.3. The molecule has 34 heavy (non-hydrogen) atoms. The second-order valence-corrected chi connectivity index (χ2v) is 9.13. The summed E-state index contributed by atoms with van der Waals surface area (Å²) < 4.78 is 10.4. The van der Waals surface area contributed by atoms with Gasteiger partial charge in [-0.15, -0.1) is 11.3 Å². The molecule has 3 aromatic rings. The highest BCUT2D eigenvalue weighted by Gasteiger charge is 2.37. The Morgan fingerprint density at radius 2 is 1.79 bits per heavy atom. The number of benzene rings is 2. The lowest BCUT2D eigenvalue weighted by Gasteiger charge is -2.18. The van der Waals surface area contributed by atoms with Crippen molar-refractivity contribution in [3.8, 4) is 5.75 Å². The van der Waals surface area contributed by atoms with E-state index in [1.807, 2.05) is 0 Å². The van der Waals surface area contributed by atoms with Crippen LogP contribution in [0.1, 0.15) is 26.5 Å². The van der Waals surface area contributed by atoms with Gasteiger partial charge >= 0.3 is 11.9 Å². The van der Waals surface area contributed by atoms with Gasteiger partial charge in [-0.25, -0.2) is 4.79 Å². The van der Waals surface area contributed by atoms with Crippen molar-refractivity contribution in [2.45, 2.75) is 6.42 Å². The molecule has 1 aromatic heterocycles. The molecule has 1 amide bonds. The van der Waals surface area contributed by atoms with Crippen LogP contribution in [0.2, 0.25) is 10.0 Å². The molecule has 1 atom stereocenters.